The molecule has 0 aromatic rings. The zero-order valence-electron chi connectivity index (χ0n) is 12.8. The number of rotatable bonds is 7. The second-order valence-corrected chi connectivity index (χ2v) is 6.37. The van der Waals surface area contributed by atoms with E-state index in [1.807, 2.05) is 7.11 Å². The minimum Gasteiger partial charge on any atom is -0.383 e. The predicted octanol–water partition coefficient (Wildman–Crippen LogP) is 2.70. The van der Waals surface area contributed by atoms with Crippen LogP contribution < -0.4 is 10.6 Å². The summed E-state index contributed by atoms with van der Waals surface area (Å²) in [7, 11) is 1.82. The predicted molar refractivity (Wildman–Crippen MR) is 80.5 cm³/mol. The summed E-state index contributed by atoms with van der Waals surface area (Å²) in [6.45, 7) is 4.35. The monoisotopic (exact) mass is 268 g/mol. The second-order valence-electron chi connectivity index (χ2n) is 6.37. The van der Waals surface area contributed by atoms with Crippen molar-refractivity contribution in [2.45, 2.75) is 76.4 Å². The van der Waals surface area contributed by atoms with Crippen LogP contribution in [-0.4, -0.2) is 38.4 Å². The Balaban J connectivity index is 1.89. The van der Waals surface area contributed by atoms with Gasteiger partial charge in [0.25, 0.3) is 0 Å². The Hall–Kier alpha value is -0.120. The molecule has 3 nitrogen and oxygen atoms in total. The largest absolute Gasteiger partial charge is 0.383 e. The summed E-state index contributed by atoms with van der Waals surface area (Å²) in [5, 5.41) is 7.64. The van der Waals surface area contributed by atoms with E-state index in [2.05, 4.69) is 17.6 Å². The highest BCUT2D eigenvalue weighted by atomic mass is 16.5. The molecule has 2 rings (SSSR count). The van der Waals surface area contributed by atoms with Crippen LogP contribution in [0, 0.1) is 5.92 Å². The Morgan fingerprint density at radius 2 is 2.05 bits per heavy atom. The molecule has 0 spiro atoms. The van der Waals surface area contributed by atoms with Crippen LogP contribution in [0.2, 0.25) is 0 Å². The van der Waals surface area contributed by atoms with Crippen LogP contribution in [-0.2, 0) is 4.74 Å². The van der Waals surface area contributed by atoms with E-state index in [9.17, 15) is 0 Å². The van der Waals surface area contributed by atoms with E-state index < -0.39 is 0 Å². The van der Waals surface area contributed by atoms with Gasteiger partial charge in [0.15, 0.2) is 0 Å². The molecule has 1 aliphatic carbocycles. The molecule has 112 valence electrons. The van der Waals surface area contributed by atoms with Crippen molar-refractivity contribution in [3.05, 3.63) is 0 Å². The van der Waals surface area contributed by atoms with Gasteiger partial charge in [0.2, 0.25) is 0 Å². The van der Waals surface area contributed by atoms with Crippen LogP contribution in [0.25, 0.3) is 0 Å². The van der Waals surface area contributed by atoms with E-state index in [4.69, 9.17) is 4.74 Å². The van der Waals surface area contributed by atoms with Crippen LogP contribution >= 0.6 is 0 Å². The lowest BCUT2D eigenvalue weighted by Gasteiger charge is -2.38. The second kappa shape index (κ2) is 8.23. The molecule has 0 aromatic carbocycles. The summed E-state index contributed by atoms with van der Waals surface area (Å²) in [5.74, 6) is 0.840. The Morgan fingerprint density at radius 3 is 2.74 bits per heavy atom. The minimum absolute atomic E-state index is 0.544. The molecule has 2 N–H and O–H groups in total. The highest BCUT2D eigenvalue weighted by molar-refractivity contribution is 4.92. The molecule has 4 unspecified atom stereocenters. The molecule has 2 fully saturated rings. The van der Waals surface area contributed by atoms with Gasteiger partial charge in [0.1, 0.15) is 0 Å². The molecular formula is C16H32N2O. The first-order valence-corrected chi connectivity index (χ1v) is 8.33. The number of hydrogen-bond acceptors (Lipinski definition) is 3. The highest BCUT2D eigenvalue weighted by Gasteiger charge is 2.33. The number of methoxy groups -OCH3 is 1. The maximum absolute atomic E-state index is 5.38. The fraction of sp³-hybridized carbons (Fsp3) is 1.00. The molecule has 0 amide bonds. The van der Waals surface area contributed by atoms with E-state index in [0.717, 1.165) is 18.6 Å². The van der Waals surface area contributed by atoms with Gasteiger partial charge in [0.05, 0.1) is 6.61 Å². The fourth-order valence-corrected chi connectivity index (χ4v) is 3.99. The summed E-state index contributed by atoms with van der Waals surface area (Å²) in [5.41, 5.74) is 0. The molecule has 4 atom stereocenters. The maximum atomic E-state index is 5.38. The fourth-order valence-electron chi connectivity index (χ4n) is 3.99. The van der Waals surface area contributed by atoms with Gasteiger partial charge in [-0.25, -0.2) is 0 Å². The molecule has 1 saturated carbocycles. The van der Waals surface area contributed by atoms with Crippen molar-refractivity contribution in [3.8, 4) is 0 Å². The topological polar surface area (TPSA) is 33.3 Å². The summed E-state index contributed by atoms with van der Waals surface area (Å²) in [6, 6.07) is 2.01. The summed E-state index contributed by atoms with van der Waals surface area (Å²) >= 11 is 0. The number of nitrogens with one attached hydrogen (secondary N) is 2. The van der Waals surface area contributed by atoms with Gasteiger partial charge in [-0.3, -0.25) is 0 Å². The van der Waals surface area contributed by atoms with Crippen molar-refractivity contribution in [3.63, 3.8) is 0 Å². The standard InChI is InChI=1S/C16H32N2O/c1-3-7-13(12-19-2)18-16-9-5-4-8-14(16)15-10-6-11-17-15/h13-18H,3-12H2,1-2H3. The van der Waals surface area contributed by atoms with Crippen LogP contribution in [0.1, 0.15) is 58.3 Å². The van der Waals surface area contributed by atoms with Crippen molar-refractivity contribution >= 4 is 0 Å². The molecule has 3 heteroatoms. The van der Waals surface area contributed by atoms with E-state index in [0.29, 0.717) is 12.1 Å². The quantitative estimate of drug-likeness (QED) is 0.745. The Morgan fingerprint density at radius 1 is 1.21 bits per heavy atom. The highest BCUT2D eigenvalue weighted by Crippen LogP contribution is 2.31. The Bertz CT molecular complexity index is 235. The van der Waals surface area contributed by atoms with E-state index in [1.54, 1.807) is 0 Å². The van der Waals surface area contributed by atoms with Crippen LogP contribution in [0.15, 0.2) is 0 Å². The third-order valence-electron chi connectivity index (χ3n) is 4.89. The lowest BCUT2D eigenvalue weighted by molar-refractivity contribution is 0.131. The molecule has 19 heavy (non-hydrogen) atoms. The number of hydrogen-bond donors (Lipinski definition) is 2. The molecule has 0 radical (unpaired) electrons. The normalized spacial score (nSPS) is 33.5. The lowest BCUT2D eigenvalue weighted by atomic mass is 9.79. The smallest absolute Gasteiger partial charge is 0.0615 e. The average molecular weight is 268 g/mol. The summed E-state index contributed by atoms with van der Waals surface area (Å²) in [6.07, 6.45) is 10.8. The van der Waals surface area contributed by atoms with E-state index in [-0.39, 0.29) is 0 Å². The summed E-state index contributed by atoms with van der Waals surface area (Å²) in [4.78, 5) is 0. The molecule has 2 aliphatic rings. The van der Waals surface area contributed by atoms with Crippen molar-refractivity contribution in [1.29, 1.82) is 0 Å². The summed E-state index contributed by atoms with van der Waals surface area (Å²) < 4.78 is 5.38. The van der Waals surface area contributed by atoms with Gasteiger partial charge in [-0.2, -0.15) is 0 Å². The van der Waals surface area contributed by atoms with Crippen molar-refractivity contribution in [2.75, 3.05) is 20.3 Å². The Labute approximate surface area is 118 Å². The third kappa shape index (κ3) is 4.44. The third-order valence-corrected chi connectivity index (χ3v) is 4.89. The zero-order valence-corrected chi connectivity index (χ0v) is 12.8. The first kappa shape index (κ1) is 15.3. The van der Waals surface area contributed by atoms with Gasteiger partial charge in [0, 0.05) is 25.2 Å². The van der Waals surface area contributed by atoms with Crippen LogP contribution in [0.5, 0.6) is 0 Å². The minimum atomic E-state index is 0.544. The number of ether oxygens (including phenoxy) is 1. The molecule has 1 heterocycles. The van der Waals surface area contributed by atoms with Gasteiger partial charge in [-0.1, -0.05) is 26.2 Å². The molecule has 0 bridgehead atoms. The van der Waals surface area contributed by atoms with Gasteiger partial charge in [-0.05, 0) is 44.6 Å². The van der Waals surface area contributed by atoms with Gasteiger partial charge < -0.3 is 15.4 Å². The zero-order chi connectivity index (χ0) is 13.5. The molecule has 1 saturated heterocycles. The molecular weight excluding hydrogens is 236 g/mol. The SMILES string of the molecule is CCCC(COC)NC1CCCCC1C1CCCN1. The molecule has 1 aliphatic heterocycles. The van der Waals surface area contributed by atoms with Crippen LogP contribution in [0.3, 0.4) is 0 Å². The van der Waals surface area contributed by atoms with E-state index >= 15 is 0 Å². The van der Waals surface area contributed by atoms with Crippen molar-refractivity contribution in [1.82, 2.24) is 10.6 Å². The van der Waals surface area contributed by atoms with E-state index in [1.165, 1.54) is 57.9 Å². The maximum Gasteiger partial charge on any atom is 0.0615 e. The van der Waals surface area contributed by atoms with Crippen molar-refractivity contribution < 1.29 is 4.74 Å². The van der Waals surface area contributed by atoms with Crippen molar-refractivity contribution in [2.24, 2.45) is 5.92 Å². The Kier molecular flexibility index (Phi) is 6.62. The lowest BCUT2D eigenvalue weighted by Crippen LogP contribution is -2.51. The van der Waals surface area contributed by atoms with Gasteiger partial charge >= 0.3 is 0 Å². The first-order chi connectivity index (χ1) is 9.35. The molecule has 0 aromatic heterocycles. The first-order valence-electron chi connectivity index (χ1n) is 8.33. The average Bonchev–Trinajstić information content (AvgIpc) is 2.94. The van der Waals surface area contributed by atoms with Crippen LogP contribution in [0.4, 0.5) is 0 Å². The van der Waals surface area contributed by atoms with Gasteiger partial charge in [-0.15, -0.1) is 0 Å².